The summed E-state index contributed by atoms with van der Waals surface area (Å²) in [5, 5.41) is 11.9. The molecule has 1 aromatic carbocycles. The van der Waals surface area contributed by atoms with Gasteiger partial charge in [0, 0.05) is 17.8 Å². The molecule has 2 aromatic rings. The predicted molar refractivity (Wildman–Crippen MR) is 71.9 cm³/mol. The molecule has 2 rings (SSSR count). The molecule has 0 amide bonds. The van der Waals surface area contributed by atoms with Crippen molar-refractivity contribution in [1.29, 1.82) is 0 Å². The minimum Gasteiger partial charge on any atom is -0.398 e. The number of nitrogen functional groups attached to an aromatic ring is 1. The lowest BCUT2D eigenvalue weighted by atomic mass is 10.1. The predicted octanol–water partition coefficient (Wildman–Crippen LogP) is 2.28. The molecule has 96 valence electrons. The van der Waals surface area contributed by atoms with Crippen molar-refractivity contribution < 1.29 is 0 Å². The Morgan fingerprint density at radius 2 is 2.11 bits per heavy atom. The molecule has 0 aliphatic carbocycles. The first-order chi connectivity index (χ1) is 8.59. The van der Waals surface area contributed by atoms with E-state index in [1.807, 2.05) is 29.8 Å². The van der Waals surface area contributed by atoms with Crippen LogP contribution in [0.5, 0.6) is 0 Å². The number of benzene rings is 1. The molecule has 0 aliphatic heterocycles. The molecule has 5 nitrogen and oxygen atoms in total. The van der Waals surface area contributed by atoms with Gasteiger partial charge in [0.2, 0.25) is 0 Å². The van der Waals surface area contributed by atoms with Crippen LogP contribution in [0.3, 0.4) is 0 Å². The number of nitrogens with two attached hydrogens (primary N) is 1. The molecule has 0 fully saturated rings. The summed E-state index contributed by atoms with van der Waals surface area (Å²) in [5.41, 5.74) is 8.78. The van der Waals surface area contributed by atoms with Crippen LogP contribution in [0.15, 0.2) is 18.2 Å². The summed E-state index contributed by atoms with van der Waals surface area (Å²) >= 11 is 0. The van der Waals surface area contributed by atoms with Crippen molar-refractivity contribution in [3.8, 4) is 11.4 Å². The molecule has 18 heavy (non-hydrogen) atoms. The number of tetrazole rings is 1. The van der Waals surface area contributed by atoms with Crippen molar-refractivity contribution in [2.45, 2.75) is 33.7 Å². The quantitative estimate of drug-likeness (QED) is 0.839. The Bertz CT molecular complexity index is 510. The standard InChI is InChI=1S/C13H19N5/c1-9(2)7-8-18-13(15-16-17-18)12-10(3)5-4-6-11(12)14/h4-6,9H,7-8,14H2,1-3H3. The summed E-state index contributed by atoms with van der Waals surface area (Å²) in [4.78, 5) is 0. The Morgan fingerprint density at radius 3 is 2.78 bits per heavy atom. The molecular weight excluding hydrogens is 226 g/mol. The second kappa shape index (κ2) is 5.16. The van der Waals surface area contributed by atoms with Crippen molar-refractivity contribution in [2.24, 2.45) is 5.92 Å². The molecule has 5 heteroatoms. The zero-order valence-electron chi connectivity index (χ0n) is 11.1. The Balaban J connectivity index is 2.36. The monoisotopic (exact) mass is 245 g/mol. The highest BCUT2D eigenvalue weighted by Gasteiger charge is 2.14. The van der Waals surface area contributed by atoms with Crippen LogP contribution in [0.1, 0.15) is 25.8 Å². The number of aromatic nitrogens is 4. The van der Waals surface area contributed by atoms with Gasteiger partial charge in [-0.25, -0.2) is 4.68 Å². The molecule has 0 aliphatic rings. The van der Waals surface area contributed by atoms with E-state index in [9.17, 15) is 0 Å². The van der Waals surface area contributed by atoms with E-state index in [1.165, 1.54) is 0 Å². The van der Waals surface area contributed by atoms with Crippen molar-refractivity contribution in [2.75, 3.05) is 5.73 Å². The zero-order valence-corrected chi connectivity index (χ0v) is 11.1. The topological polar surface area (TPSA) is 69.6 Å². The number of rotatable bonds is 4. The molecule has 0 radical (unpaired) electrons. The average Bonchev–Trinajstić information content (AvgIpc) is 2.74. The van der Waals surface area contributed by atoms with Gasteiger partial charge in [0.1, 0.15) is 0 Å². The number of hydrogen-bond donors (Lipinski definition) is 1. The van der Waals surface area contributed by atoms with E-state index in [4.69, 9.17) is 5.73 Å². The third-order valence-electron chi connectivity index (χ3n) is 2.98. The number of anilines is 1. The van der Waals surface area contributed by atoms with E-state index >= 15 is 0 Å². The fourth-order valence-electron chi connectivity index (χ4n) is 1.91. The zero-order chi connectivity index (χ0) is 13.1. The molecule has 0 saturated carbocycles. The highest BCUT2D eigenvalue weighted by atomic mass is 15.5. The molecule has 0 spiro atoms. The van der Waals surface area contributed by atoms with Gasteiger partial charge in [0.25, 0.3) is 0 Å². The van der Waals surface area contributed by atoms with Gasteiger partial charge in [-0.2, -0.15) is 0 Å². The van der Waals surface area contributed by atoms with Crippen LogP contribution < -0.4 is 5.73 Å². The van der Waals surface area contributed by atoms with Gasteiger partial charge in [-0.15, -0.1) is 5.10 Å². The summed E-state index contributed by atoms with van der Waals surface area (Å²) in [6.45, 7) is 7.21. The minimum atomic E-state index is 0.622. The molecule has 1 aromatic heterocycles. The smallest absolute Gasteiger partial charge is 0.184 e. The van der Waals surface area contributed by atoms with Gasteiger partial charge in [0.15, 0.2) is 5.82 Å². The Morgan fingerprint density at radius 1 is 1.33 bits per heavy atom. The summed E-state index contributed by atoms with van der Waals surface area (Å²) in [5.74, 6) is 1.38. The number of hydrogen-bond acceptors (Lipinski definition) is 4. The summed E-state index contributed by atoms with van der Waals surface area (Å²) in [7, 11) is 0. The maximum atomic E-state index is 6.03. The van der Waals surface area contributed by atoms with Crippen LogP contribution in [0.2, 0.25) is 0 Å². The first-order valence-electron chi connectivity index (χ1n) is 6.21. The van der Waals surface area contributed by atoms with Gasteiger partial charge < -0.3 is 5.73 Å². The largest absolute Gasteiger partial charge is 0.398 e. The second-order valence-electron chi connectivity index (χ2n) is 4.95. The first kappa shape index (κ1) is 12.5. The Hall–Kier alpha value is -1.91. The van der Waals surface area contributed by atoms with E-state index in [0.29, 0.717) is 5.92 Å². The number of nitrogens with zero attached hydrogens (tertiary/aromatic N) is 4. The van der Waals surface area contributed by atoms with E-state index in [-0.39, 0.29) is 0 Å². The minimum absolute atomic E-state index is 0.622. The number of aryl methyl sites for hydroxylation is 2. The molecule has 0 unspecified atom stereocenters. The van der Waals surface area contributed by atoms with Crippen LogP contribution in [0.25, 0.3) is 11.4 Å². The second-order valence-corrected chi connectivity index (χ2v) is 4.95. The molecule has 2 N–H and O–H groups in total. The SMILES string of the molecule is Cc1cccc(N)c1-c1nnnn1CCC(C)C. The van der Waals surface area contributed by atoms with Gasteiger partial charge in [-0.1, -0.05) is 26.0 Å². The third kappa shape index (κ3) is 2.50. The summed E-state index contributed by atoms with van der Waals surface area (Å²) in [6, 6.07) is 5.84. The lowest BCUT2D eigenvalue weighted by molar-refractivity contribution is 0.481. The normalized spacial score (nSPS) is 11.1. The van der Waals surface area contributed by atoms with E-state index in [1.54, 1.807) is 0 Å². The fourth-order valence-corrected chi connectivity index (χ4v) is 1.91. The molecular formula is C13H19N5. The van der Waals surface area contributed by atoms with Crippen LogP contribution in [0, 0.1) is 12.8 Å². The van der Waals surface area contributed by atoms with Crippen molar-refractivity contribution in [3.63, 3.8) is 0 Å². The third-order valence-corrected chi connectivity index (χ3v) is 2.98. The van der Waals surface area contributed by atoms with Gasteiger partial charge in [-0.3, -0.25) is 0 Å². The summed E-state index contributed by atoms with van der Waals surface area (Å²) < 4.78 is 1.83. The highest BCUT2D eigenvalue weighted by Crippen LogP contribution is 2.27. The maximum absolute atomic E-state index is 6.03. The van der Waals surface area contributed by atoms with E-state index in [0.717, 1.165) is 35.6 Å². The van der Waals surface area contributed by atoms with Crippen LogP contribution >= 0.6 is 0 Å². The average molecular weight is 245 g/mol. The first-order valence-corrected chi connectivity index (χ1v) is 6.21. The van der Waals surface area contributed by atoms with Crippen LogP contribution in [-0.4, -0.2) is 20.2 Å². The highest BCUT2D eigenvalue weighted by molar-refractivity contribution is 5.74. The van der Waals surface area contributed by atoms with Crippen molar-refractivity contribution in [1.82, 2.24) is 20.2 Å². The van der Waals surface area contributed by atoms with Crippen molar-refractivity contribution in [3.05, 3.63) is 23.8 Å². The lowest BCUT2D eigenvalue weighted by Crippen LogP contribution is -2.07. The van der Waals surface area contributed by atoms with Gasteiger partial charge >= 0.3 is 0 Å². The molecule has 0 saturated heterocycles. The van der Waals surface area contributed by atoms with Gasteiger partial charge in [-0.05, 0) is 41.3 Å². The van der Waals surface area contributed by atoms with Crippen LogP contribution in [-0.2, 0) is 6.54 Å². The van der Waals surface area contributed by atoms with E-state index < -0.39 is 0 Å². The van der Waals surface area contributed by atoms with Gasteiger partial charge in [0.05, 0.1) is 0 Å². The van der Waals surface area contributed by atoms with E-state index in [2.05, 4.69) is 29.4 Å². The van der Waals surface area contributed by atoms with Crippen molar-refractivity contribution >= 4 is 5.69 Å². The Kier molecular flexibility index (Phi) is 3.60. The molecule has 1 heterocycles. The molecule has 0 bridgehead atoms. The summed E-state index contributed by atoms with van der Waals surface area (Å²) in [6.07, 6.45) is 1.05. The Labute approximate surface area is 107 Å². The maximum Gasteiger partial charge on any atom is 0.184 e. The lowest BCUT2D eigenvalue weighted by Gasteiger charge is -2.10. The fraction of sp³-hybridized carbons (Fsp3) is 0.462. The molecule has 0 atom stereocenters. The van der Waals surface area contributed by atoms with Crippen LogP contribution in [0.4, 0.5) is 5.69 Å².